The monoisotopic (exact) mass is 454 g/mol. The van der Waals surface area contributed by atoms with Crippen LogP contribution in [-0.2, 0) is 4.74 Å². The Kier molecular flexibility index (Phi) is 6.42. The molecular weight excluding hydrogens is 438 g/mol. The number of aromatic nitrogens is 2. The first kappa shape index (κ1) is 20.0. The molecule has 148 valence electrons. The molecule has 7 nitrogen and oxygen atoms in total. The summed E-state index contributed by atoms with van der Waals surface area (Å²) in [6.45, 7) is 0.866. The van der Waals surface area contributed by atoms with Crippen molar-refractivity contribution in [1.29, 1.82) is 0 Å². The number of hydrogen-bond acceptors (Lipinski definition) is 4. The zero-order valence-corrected chi connectivity index (χ0v) is 16.4. The summed E-state index contributed by atoms with van der Waals surface area (Å²) in [4.78, 5) is 18.8. The third-order valence-corrected chi connectivity index (χ3v) is 4.39. The van der Waals surface area contributed by atoms with Gasteiger partial charge >= 0.3 is 6.03 Å². The fourth-order valence-electron chi connectivity index (χ4n) is 2.51. The summed E-state index contributed by atoms with van der Waals surface area (Å²) in [7, 11) is 1.56. The Balaban J connectivity index is 1.75. The average molecular weight is 455 g/mol. The highest BCUT2D eigenvalue weighted by atomic mass is 79.9. The number of methoxy groups -OCH3 is 1. The van der Waals surface area contributed by atoms with E-state index in [1.54, 1.807) is 13.3 Å². The average Bonchev–Trinajstić information content (AvgIpc) is 3.04. The first-order valence-corrected chi connectivity index (χ1v) is 9.11. The van der Waals surface area contributed by atoms with Gasteiger partial charge in [-0.05, 0) is 28.4 Å². The molecule has 28 heavy (non-hydrogen) atoms. The van der Waals surface area contributed by atoms with Gasteiger partial charge in [-0.15, -0.1) is 0 Å². The number of fused-ring (bicyclic) bond motifs is 1. The molecule has 2 amide bonds. The number of pyridine rings is 1. The smallest absolute Gasteiger partial charge is 0.319 e. The molecule has 0 aliphatic rings. The lowest BCUT2D eigenvalue weighted by Crippen LogP contribution is -2.30. The summed E-state index contributed by atoms with van der Waals surface area (Å²) in [5.41, 5.74) is 0.475. The number of anilines is 1. The van der Waals surface area contributed by atoms with Gasteiger partial charge in [-0.1, -0.05) is 0 Å². The highest BCUT2D eigenvalue weighted by molar-refractivity contribution is 9.10. The van der Waals surface area contributed by atoms with Crippen LogP contribution in [0.15, 0.2) is 35.1 Å². The molecule has 0 aliphatic carbocycles. The molecule has 0 radical (unpaired) electrons. The third-order valence-electron chi connectivity index (χ3n) is 3.77. The second-order valence-electron chi connectivity index (χ2n) is 5.77. The van der Waals surface area contributed by atoms with Gasteiger partial charge in [-0.2, -0.15) is 0 Å². The molecule has 0 unspecified atom stereocenters. The number of aromatic amines is 1. The molecule has 2 aromatic heterocycles. The van der Waals surface area contributed by atoms with Crippen LogP contribution >= 0.6 is 15.9 Å². The molecule has 0 aliphatic heterocycles. The Bertz CT molecular complexity index is 973. The van der Waals surface area contributed by atoms with E-state index in [2.05, 4.69) is 36.5 Å². The molecule has 0 fully saturated rings. The summed E-state index contributed by atoms with van der Waals surface area (Å²) in [5.74, 6) is -2.25. The van der Waals surface area contributed by atoms with Crippen LogP contribution in [0, 0.1) is 11.6 Å². The molecule has 1 aromatic carbocycles. The quantitative estimate of drug-likeness (QED) is 0.456. The van der Waals surface area contributed by atoms with E-state index < -0.39 is 23.4 Å². The first-order chi connectivity index (χ1) is 13.5. The number of carbonyl (C=O) groups is 1. The Hall–Kier alpha value is -2.72. The predicted molar refractivity (Wildman–Crippen MR) is 104 cm³/mol. The molecule has 0 saturated carbocycles. The minimum absolute atomic E-state index is 0.0331. The van der Waals surface area contributed by atoms with Crippen LogP contribution in [0.1, 0.15) is 6.42 Å². The fourth-order valence-corrected chi connectivity index (χ4v) is 3.00. The van der Waals surface area contributed by atoms with E-state index in [9.17, 15) is 13.6 Å². The zero-order valence-electron chi connectivity index (χ0n) is 14.8. The number of hydrogen-bond donors (Lipinski definition) is 3. The molecule has 3 aromatic rings. The molecule has 3 N–H and O–H groups in total. The van der Waals surface area contributed by atoms with E-state index in [0.29, 0.717) is 35.1 Å². The summed E-state index contributed by atoms with van der Waals surface area (Å²) >= 11 is 3.34. The van der Waals surface area contributed by atoms with Crippen molar-refractivity contribution in [2.24, 2.45) is 0 Å². The normalized spacial score (nSPS) is 10.9. The number of amides is 2. The van der Waals surface area contributed by atoms with Crippen molar-refractivity contribution in [2.45, 2.75) is 6.42 Å². The standard InChI is InChI=1S/C18H17BrF2N4O3/c1-27-6-2-4-23-18(26)25-10-7-12(20)16(13(21)8-10)28-14-3-5-22-17-15(14)11(19)9-24-17/h3,5,7-9H,2,4,6H2,1H3,(H,22,24)(H2,23,25,26). The predicted octanol–water partition coefficient (Wildman–Crippen LogP) is 4.55. The van der Waals surface area contributed by atoms with Gasteiger partial charge in [0.1, 0.15) is 11.4 Å². The lowest BCUT2D eigenvalue weighted by atomic mass is 10.2. The number of carbonyl (C=O) groups excluding carboxylic acids is 1. The lowest BCUT2D eigenvalue weighted by Gasteiger charge is -2.12. The number of urea groups is 1. The van der Waals surface area contributed by atoms with Crippen molar-refractivity contribution < 1.29 is 23.0 Å². The van der Waals surface area contributed by atoms with Crippen LogP contribution < -0.4 is 15.4 Å². The van der Waals surface area contributed by atoms with Crippen LogP contribution in [0.4, 0.5) is 19.3 Å². The number of rotatable bonds is 7. The summed E-state index contributed by atoms with van der Waals surface area (Å²) < 4.78 is 39.9. The number of benzene rings is 1. The van der Waals surface area contributed by atoms with E-state index in [0.717, 1.165) is 12.1 Å². The zero-order chi connectivity index (χ0) is 20.1. The lowest BCUT2D eigenvalue weighted by molar-refractivity contribution is 0.194. The molecule has 2 heterocycles. The molecule has 0 saturated heterocycles. The maximum absolute atomic E-state index is 14.4. The Morgan fingerprint density at radius 1 is 1.32 bits per heavy atom. The molecule has 0 atom stereocenters. The van der Waals surface area contributed by atoms with Gasteiger partial charge in [-0.25, -0.2) is 18.6 Å². The number of nitrogens with one attached hydrogen (secondary N) is 3. The molecular formula is C18H17BrF2N4O3. The number of H-pyrrole nitrogens is 1. The van der Waals surface area contributed by atoms with Gasteiger partial charge < -0.3 is 25.1 Å². The Labute approximate surface area is 167 Å². The highest BCUT2D eigenvalue weighted by Gasteiger charge is 2.17. The van der Waals surface area contributed by atoms with Crippen molar-refractivity contribution >= 4 is 38.7 Å². The first-order valence-electron chi connectivity index (χ1n) is 8.32. The van der Waals surface area contributed by atoms with Crippen molar-refractivity contribution in [2.75, 3.05) is 25.6 Å². The third kappa shape index (κ3) is 4.57. The molecule has 3 rings (SSSR count). The van der Waals surface area contributed by atoms with E-state index in [-0.39, 0.29) is 11.4 Å². The van der Waals surface area contributed by atoms with Crippen molar-refractivity contribution in [3.63, 3.8) is 0 Å². The van der Waals surface area contributed by atoms with E-state index >= 15 is 0 Å². The second-order valence-corrected chi connectivity index (χ2v) is 6.62. The van der Waals surface area contributed by atoms with Gasteiger partial charge in [0.2, 0.25) is 0 Å². The van der Waals surface area contributed by atoms with Crippen LogP contribution in [0.25, 0.3) is 11.0 Å². The van der Waals surface area contributed by atoms with E-state index in [1.165, 1.54) is 12.3 Å². The van der Waals surface area contributed by atoms with Gasteiger partial charge in [0.05, 0.1) is 5.39 Å². The maximum atomic E-state index is 14.4. The highest BCUT2D eigenvalue weighted by Crippen LogP contribution is 2.36. The van der Waals surface area contributed by atoms with Gasteiger partial charge in [0.15, 0.2) is 17.4 Å². The van der Waals surface area contributed by atoms with Crippen LogP contribution in [0.5, 0.6) is 11.5 Å². The van der Waals surface area contributed by atoms with E-state index in [1.807, 2.05) is 0 Å². The number of ether oxygens (including phenoxy) is 2. The Morgan fingerprint density at radius 2 is 2.07 bits per heavy atom. The maximum Gasteiger partial charge on any atom is 0.319 e. The number of nitrogens with zero attached hydrogens (tertiary/aromatic N) is 1. The largest absolute Gasteiger partial charge is 0.450 e. The van der Waals surface area contributed by atoms with Gasteiger partial charge in [-0.3, -0.25) is 0 Å². The van der Waals surface area contributed by atoms with Crippen molar-refractivity contribution in [1.82, 2.24) is 15.3 Å². The van der Waals surface area contributed by atoms with E-state index in [4.69, 9.17) is 9.47 Å². The summed E-state index contributed by atoms with van der Waals surface area (Å²) in [5, 5.41) is 5.49. The van der Waals surface area contributed by atoms with Crippen LogP contribution in [-0.4, -0.2) is 36.3 Å². The summed E-state index contributed by atoms with van der Waals surface area (Å²) in [6, 6.07) is 2.89. The van der Waals surface area contributed by atoms with Crippen molar-refractivity contribution in [3.05, 3.63) is 46.7 Å². The fraction of sp³-hybridized carbons (Fsp3) is 0.222. The van der Waals surface area contributed by atoms with Crippen LogP contribution in [0.2, 0.25) is 0 Å². The molecule has 0 bridgehead atoms. The number of halogens is 3. The summed E-state index contributed by atoms with van der Waals surface area (Å²) in [6.07, 6.45) is 3.73. The van der Waals surface area contributed by atoms with Crippen LogP contribution in [0.3, 0.4) is 0 Å². The molecule has 10 heteroatoms. The SMILES string of the molecule is COCCCNC(=O)Nc1cc(F)c(Oc2ccnc3[nH]cc(Br)c23)c(F)c1. The Morgan fingerprint density at radius 3 is 2.79 bits per heavy atom. The minimum atomic E-state index is -0.952. The van der Waals surface area contributed by atoms with Gasteiger partial charge in [0.25, 0.3) is 0 Å². The minimum Gasteiger partial charge on any atom is -0.450 e. The van der Waals surface area contributed by atoms with Crippen molar-refractivity contribution in [3.8, 4) is 11.5 Å². The van der Waals surface area contributed by atoms with Gasteiger partial charge in [0, 0.05) is 54.9 Å². The topological polar surface area (TPSA) is 88.3 Å². The molecule has 0 spiro atoms. The second kappa shape index (κ2) is 8.98.